The molecule has 0 saturated carbocycles. The number of aromatic nitrogens is 2. The van der Waals surface area contributed by atoms with Crippen molar-refractivity contribution in [1.82, 2.24) is 9.78 Å². The maximum absolute atomic E-state index is 11.3. The summed E-state index contributed by atoms with van der Waals surface area (Å²) in [6.45, 7) is 0.136. The number of rotatable bonds is 3. The van der Waals surface area contributed by atoms with Gasteiger partial charge in [-0.05, 0) is 18.2 Å². The zero-order valence-electron chi connectivity index (χ0n) is 7.96. The van der Waals surface area contributed by atoms with Gasteiger partial charge in [-0.25, -0.2) is 4.68 Å². The van der Waals surface area contributed by atoms with E-state index in [-0.39, 0.29) is 18.7 Å². The van der Waals surface area contributed by atoms with Crippen LogP contribution in [-0.2, 0) is 13.2 Å². The zero-order chi connectivity index (χ0) is 10.7. The van der Waals surface area contributed by atoms with E-state index < -0.39 is 0 Å². The minimum absolute atomic E-state index is 0.142. The lowest BCUT2D eigenvalue weighted by molar-refractivity contribution is 0.242. The van der Waals surface area contributed by atoms with Gasteiger partial charge >= 0.3 is 0 Å². The zero-order valence-corrected chi connectivity index (χ0v) is 7.96. The Hall–Kier alpha value is -1.88. The van der Waals surface area contributed by atoms with Gasteiger partial charge in [-0.2, -0.15) is 5.10 Å². The third-order valence-corrected chi connectivity index (χ3v) is 1.96. The molecule has 0 atom stereocenters. The Morgan fingerprint density at radius 1 is 1.33 bits per heavy atom. The highest BCUT2D eigenvalue weighted by molar-refractivity contribution is 5.06. The molecule has 2 aromatic rings. The van der Waals surface area contributed by atoms with Crippen LogP contribution in [0.1, 0.15) is 11.5 Å². The molecule has 0 spiro atoms. The molecule has 0 bridgehead atoms. The van der Waals surface area contributed by atoms with E-state index in [0.717, 1.165) is 0 Å². The van der Waals surface area contributed by atoms with Crippen molar-refractivity contribution in [2.45, 2.75) is 13.2 Å². The van der Waals surface area contributed by atoms with E-state index in [2.05, 4.69) is 5.10 Å². The molecular weight excluding hydrogens is 196 g/mol. The third kappa shape index (κ3) is 2.13. The summed E-state index contributed by atoms with van der Waals surface area (Å²) in [5.41, 5.74) is -0.181. The second-order valence-corrected chi connectivity index (χ2v) is 3.05. The van der Waals surface area contributed by atoms with Crippen molar-refractivity contribution < 1.29 is 9.52 Å². The molecule has 1 N–H and O–H groups in total. The van der Waals surface area contributed by atoms with Crippen molar-refractivity contribution >= 4 is 0 Å². The smallest absolute Gasteiger partial charge is 0.267 e. The SMILES string of the molecule is O=c1cccnn1Cc1ccc(CO)o1. The maximum atomic E-state index is 11.3. The molecule has 0 aliphatic carbocycles. The van der Waals surface area contributed by atoms with Crippen molar-refractivity contribution in [2.75, 3.05) is 0 Å². The van der Waals surface area contributed by atoms with Gasteiger partial charge in [0, 0.05) is 12.3 Å². The average Bonchev–Trinajstić information content (AvgIpc) is 2.69. The van der Waals surface area contributed by atoms with Gasteiger partial charge < -0.3 is 9.52 Å². The van der Waals surface area contributed by atoms with Crippen molar-refractivity contribution in [1.29, 1.82) is 0 Å². The van der Waals surface area contributed by atoms with Crippen LogP contribution in [0.4, 0.5) is 0 Å². The number of aliphatic hydroxyl groups is 1. The first-order chi connectivity index (χ1) is 7.29. The fraction of sp³-hybridized carbons (Fsp3) is 0.200. The summed E-state index contributed by atoms with van der Waals surface area (Å²) in [6, 6.07) is 6.40. The van der Waals surface area contributed by atoms with Gasteiger partial charge in [0.05, 0.1) is 0 Å². The van der Waals surface area contributed by atoms with Crippen molar-refractivity contribution in [3.05, 3.63) is 52.3 Å². The standard InChI is InChI=1S/C10H10N2O3/c13-7-9-4-3-8(15-9)6-12-10(14)2-1-5-11-12/h1-5,13H,6-7H2. The molecule has 0 aromatic carbocycles. The monoisotopic (exact) mass is 206 g/mol. The third-order valence-electron chi connectivity index (χ3n) is 1.96. The second kappa shape index (κ2) is 4.10. The van der Waals surface area contributed by atoms with E-state index in [1.165, 1.54) is 16.9 Å². The lowest BCUT2D eigenvalue weighted by Gasteiger charge is -1.99. The highest BCUT2D eigenvalue weighted by Gasteiger charge is 2.03. The molecule has 15 heavy (non-hydrogen) atoms. The van der Waals surface area contributed by atoms with Crippen LogP contribution in [-0.4, -0.2) is 14.9 Å². The number of hydrogen-bond donors (Lipinski definition) is 1. The van der Waals surface area contributed by atoms with Gasteiger partial charge in [-0.1, -0.05) is 0 Å². The van der Waals surface area contributed by atoms with Gasteiger partial charge in [0.2, 0.25) is 0 Å². The van der Waals surface area contributed by atoms with Gasteiger partial charge in [0.1, 0.15) is 24.7 Å². The Bertz CT molecular complexity index is 501. The normalized spacial score (nSPS) is 10.5. The molecule has 5 heteroatoms. The molecule has 0 aliphatic heterocycles. The van der Waals surface area contributed by atoms with Crippen LogP contribution < -0.4 is 5.56 Å². The molecule has 0 aliphatic rings. The van der Waals surface area contributed by atoms with Gasteiger partial charge in [0.15, 0.2) is 0 Å². The highest BCUT2D eigenvalue weighted by atomic mass is 16.4. The van der Waals surface area contributed by atoms with Crippen LogP contribution >= 0.6 is 0 Å². The molecular formula is C10H10N2O3. The van der Waals surface area contributed by atoms with Crippen LogP contribution in [0.15, 0.2) is 39.7 Å². The summed E-state index contributed by atoms with van der Waals surface area (Å²) >= 11 is 0. The molecule has 0 radical (unpaired) electrons. The Balaban J connectivity index is 2.22. The molecule has 0 fully saturated rings. The largest absolute Gasteiger partial charge is 0.462 e. The molecule has 2 rings (SSSR count). The second-order valence-electron chi connectivity index (χ2n) is 3.05. The predicted octanol–water partition coefficient (Wildman–Crippen LogP) is 0.377. The van der Waals surface area contributed by atoms with E-state index in [1.54, 1.807) is 18.2 Å². The van der Waals surface area contributed by atoms with Crippen LogP contribution in [0.25, 0.3) is 0 Å². The molecule has 0 saturated heterocycles. The molecule has 2 aromatic heterocycles. The van der Waals surface area contributed by atoms with Crippen molar-refractivity contribution in [3.8, 4) is 0 Å². The summed E-state index contributed by atoms with van der Waals surface area (Å²) in [4.78, 5) is 11.3. The van der Waals surface area contributed by atoms with Gasteiger partial charge in [-0.3, -0.25) is 4.79 Å². The molecule has 78 valence electrons. The topological polar surface area (TPSA) is 68.3 Å². The quantitative estimate of drug-likeness (QED) is 0.788. The molecule has 0 amide bonds. The molecule has 0 unspecified atom stereocenters. The van der Waals surface area contributed by atoms with Gasteiger partial charge in [0.25, 0.3) is 5.56 Å². The minimum atomic E-state index is -0.181. The fourth-order valence-electron chi connectivity index (χ4n) is 1.25. The minimum Gasteiger partial charge on any atom is -0.462 e. The first kappa shape index (κ1) is 9.67. The average molecular weight is 206 g/mol. The Labute approximate surface area is 85.6 Å². The van der Waals surface area contributed by atoms with Crippen LogP contribution in [0, 0.1) is 0 Å². The first-order valence-corrected chi connectivity index (χ1v) is 4.50. The summed E-state index contributed by atoms with van der Waals surface area (Å²) in [6.07, 6.45) is 1.54. The van der Waals surface area contributed by atoms with Crippen LogP contribution in [0.3, 0.4) is 0 Å². The number of aliphatic hydroxyl groups excluding tert-OH is 1. The number of hydrogen-bond acceptors (Lipinski definition) is 4. The van der Waals surface area contributed by atoms with Crippen LogP contribution in [0.2, 0.25) is 0 Å². The molecule has 2 heterocycles. The number of furan rings is 1. The van der Waals surface area contributed by atoms with E-state index in [1.807, 2.05) is 0 Å². The summed E-state index contributed by atoms with van der Waals surface area (Å²) in [5, 5.41) is 12.7. The Kier molecular flexibility index (Phi) is 2.64. The predicted molar refractivity (Wildman–Crippen MR) is 52.2 cm³/mol. The van der Waals surface area contributed by atoms with Crippen molar-refractivity contribution in [2.24, 2.45) is 0 Å². The summed E-state index contributed by atoms with van der Waals surface area (Å²) in [7, 11) is 0. The van der Waals surface area contributed by atoms with E-state index >= 15 is 0 Å². The summed E-state index contributed by atoms with van der Waals surface area (Å²) < 4.78 is 6.53. The number of nitrogens with zero attached hydrogens (tertiary/aromatic N) is 2. The van der Waals surface area contributed by atoms with Crippen LogP contribution in [0.5, 0.6) is 0 Å². The Morgan fingerprint density at radius 2 is 2.13 bits per heavy atom. The Morgan fingerprint density at radius 3 is 2.80 bits per heavy atom. The maximum Gasteiger partial charge on any atom is 0.267 e. The lowest BCUT2D eigenvalue weighted by Crippen LogP contribution is -2.21. The van der Waals surface area contributed by atoms with E-state index in [0.29, 0.717) is 11.5 Å². The molecule has 5 nitrogen and oxygen atoms in total. The first-order valence-electron chi connectivity index (χ1n) is 4.50. The van der Waals surface area contributed by atoms with E-state index in [4.69, 9.17) is 9.52 Å². The summed E-state index contributed by atoms with van der Waals surface area (Å²) in [5.74, 6) is 1.08. The highest BCUT2D eigenvalue weighted by Crippen LogP contribution is 2.07. The lowest BCUT2D eigenvalue weighted by atomic mass is 10.4. The van der Waals surface area contributed by atoms with Gasteiger partial charge in [-0.15, -0.1) is 0 Å². The fourth-order valence-corrected chi connectivity index (χ4v) is 1.25. The van der Waals surface area contributed by atoms with Crippen molar-refractivity contribution in [3.63, 3.8) is 0 Å². The van der Waals surface area contributed by atoms with E-state index in [9.17, 15) is 4.79 Å².